The molecule has 2 N–H and O–H groups in total. The van der Waals surface area contributed by atoms with Crippen molar-refractivity contribution < 1.29 is 4.79 Å². The van der Waals surface area contributed by atoms with Crippen LogP contribution >= 0.6 is 0 Å². The molecule has 4 heterocycles. The first kappa shape index (κ1) is 18.2. The van der Waals surface area contributed by atoms with Crippen molar-refractivity contribution in [2.75, 3.05) is 12.3 Å². The number of carbonyl (C=O) groups excluding carboxylic acids is 1. The third-order valence-electron chi connectivity index (χ3n) is 5.52. The van der Waals surface area contributed by atoms with Gasteiger partial charge >= 0.3 is 0 Å². The molecule has 0 radical (unpaired) electrons. The first-order valence-electron chi connectivity index (χ1n) is 9.89. The Bertz CT molecular complexity index is 1200. The minimum absolute atomic E-state index is 0.0490. The number of amides is 1. The molecule has 3 aromatic heterocycles. The van der Waals surface area contributed by atoms with Crippen molar-refractivity contribution in [3.05, 3.63) is 78.6 Å². The zero-order valence-corrected chi connectivity index (χ0v) is 16.3. The van der Waals surface area contributed by atoms with E-state index in [4.69, 9.17) is 5.73 Å². The third kappa shape index (κ3) is 3.24. The molecule has 1 fully saturated rings. The predicted molar refractivity (Wildman–Crippen MR) is 114 cm³/mol. The maximum absolute atomic E-state index is 13.4. The quantitative estimate of drug-likeness (QED) is 0.568. The molecule has 1 atom stereocenters. The van der Waals surface area contributed by atoms with Crippen LogP contribution in [0.1, 0.15) is 35.1 Å². The molecule has 0 saturated carbocycles. The number of hydrogen-bond donors (Lipinski definition) is 1. The van der Waals surface area contributed by atoms with Crippen molar-refractivity contribution in [2.45, 2.75) is 18.9 Å². The highest BCUT2D eigenvalue weighted by Gasteiger charge is 2.32. The summed E-state index contributed by atoms with van der Waals surface area (Å²) in [4.78, 5) is 32.4. The third-order valence-corrected chi connectivity index (χ3v) is 5.52. The number of pyridine rings is 2. The van der Waals surface area contributed by atoms with E-state index in [2.05, 4.69) is 19.9 Å². The molecule has 1 amide bonds. The molecule has 4 aromatic rings. The number of fused-ring (bicyclic) bond motifs is 1. The van der Waals surface area contributed by atoms with Crippen molar-refractivity contribution in [3.8, 4) is 11.1 Å². The SMILES string of the molecule is Nc1ncc(-c2ccc([C@H]3CCCN3C(=O)c3nccc4ccccc34)nc2)cn1. The molecule has 1 aliphatic rings. The summed E-state index contributed by atoms with van der Waals surface area (Å²) in [5.41, 5.74) is 8.69. The summed E-state index contributed by atoms with van der Waals surface area (Å²) in [6.07, 6.45) is 8.67. The zero-order valence-electron chi connectivity index (χ0n) is 16.3. The van der Waals surface area contributed by atoms with Crippen LogP contribution in [0.15, 0.2) is 67.3 Å². The Morgan fingerprint density at radius 2 is 1.73 bits per heavy atom. The highest BCUT2D eigenvalue weighted by atomic mass is 16.2. The van der Waals surface area contributed by atoms with Crippen LogP contribution in [0.25, 0.3) is 21.9 Å². The normalized spacial score (nSPS) is 16.1. The number of carbonyl (C=O) groups is 1. The number of hydrogen-bond acceptors (Lipinski definition) is 6. The van der Waals surface area contributed by atoms with Crippen LogP contribution in [0.2, 0.25) is 0 Å². The van der Waals surface area contributed by atoms with Gasteiger partial charge in [0.25, 0.3) is 5.91 Å². The van der Waals surface area contributed by atoms with E-state index in [1.54, 1.807) is 24.8 Å². The number of benzene rings is 1. The van der Waals surface area contributed by atoms with Crippen molar-refractivity contribution in [3.63, 3.8) is 0 Å². The Balaban J connectivity index is 1.43. The van der Waals surface area contributed by atoms with Crippen LogP contribution in [-0.4, -0.2) is 37.3 Å². The largest absolute Gasteiger partial charge is 0.368 e. The Labute approximate surface area is 173 Å². The fourth-order valence-electron chi connectivity index (χ4n) is 4.00. The molecule has 7 heteroatoms. The molecule has 0 spiro atoms. The average molecular weight is 396 g/mol. The second kappa shape index (κ2) is 7.51. The Morgan fingerprint density at radius 3 is 2.53 bits per heavy atom. The van der Waals surface area contributed by atoms with E-state index < -0.39 is 0 Å². The van der Waals surface area contributed by atoms with Gasteiger partial charge in [0, 0.05) is 47.8 Å². The molecule has 0 unspecified atom stereocenters. The molecule has 7 nitrogen and oxygen atoms in total. The van der Waals surface area contributed by atoms with Crippen LogP contribution in [0.3, 0.4) is 0 Å². The summed E-state index contributed by atoms with van der Waals surface area (Å²) in [6, 6.07) is 13.7. The molecule has 0 bridgehead atoms. The van der Waals surface area contributed by atoms with E-state index >= 15 is 0 Å². The molecule has 1 aliphatic heterocycles. The predicted octanol–water partition coefficient (Wildman–Crippen LogP) is 3.65. The highest BCUT2D eigenvalue weighted by Crippen LogP contribution is 2.33. The number of likely N-dealkylation sites (tertiary alicyclic amines) is 1. The van der Waals surface area contributed by atoms with E-state index in [-0.39, 0.29) is 17.9 Å². The van der Waals surface area contributed by atoms with Gasteiger partial charge in [-0.2, -0.15) is 0 Å². The van der Waals surface area contributed by atoms with Gasteiger partial charge in [0.2, 0.25) is 5.95 Å². The number of nitrogen functional groups attached to an aromatic ring is 1. The Morgan fingerprint density at radius 1 is 0.933 bits per heavy atom. The van der Waals surface area contributed by atoms with Crippen LogP contribution in [-0.2, 0) is 0 Å². The van der Waals surface area contributed by atoms with Crippen LogP contribution in [0.4, 0.5) is 5.95 Å². The summed E-state index contributed by atoms with van der Waals surface area (Å²) in [5.74, 6) is 0.192. The highest BCUT2D eigenvalue weighted by molar-refractivity contribution is 6.05. The Hall–Kier alpha value is -3.87. The molecular formula is C23H20N6O. The van der Waals surface area contributed by atoms with E-state index in [1.165, 1.54) is 0 Å². The molecule has 1 saturated heterocycles. The van der Waals surface area contributed by atoms with Gasteiger partial charge in [-0.05, 0) is 30.4 Å². The van der Waals surface area contributed by atoms with Gasteiger partial charge in [0.15, 0.2) is 0 Å². The van der Waals surface area contributed by atoms with E-state index in [0.29, 0.717) is 12.2 Å². The second-order valence-electron chi connectivity index (χ2n) is 7.34. The maximum atomic E-state index is 13.4. The van der Waals surface area contributed by atoms with Gasteiger partial charge in [-0.3, -0.25) is 14.8 Å². The van der Waals surface area contributed by atoms with Crippen molar-refractivity contribution in [2.24, 2.45) is 0 Å². The molecule has 0 aliphatic carbocycles. The van der Waals surface area contributed by atoms with Gasteiger partial charge in [-0.25, -0.2) is 9.97 Å². The summed E-state index contributed by atoms with van der Waals surface area (Å²) < 4.78 is 0. The van der Waals surface area contributed by atoms with Crippen LogP contribution in [0, 0.1) is 0 Å². The van der Waals surface area contributed by atoms with Crippen LogP contribution < -0.4 is 5.73 Å². The Kier molecular flexibility index (Phi) is 4.55. The number of nitrogens with two attached hydrogens (primary N) is 1. The monoisotopic (exact) mass is 396 g/mol. The first-order chi connectivity index (χ1) is 14.7. The molecular weight excluding hydrogens is 376 g/mol. The fraction of sp³-hybridized carbons (Fsp3) is 0.174. The number of nitrogens with zero attached hydrogens (tertiary/aromatic N) is 5. The van der Waals surface area contributed by atoms with E-state index in [1.807, 2.05) is 47.4 Å². The van der Waals surface area contributed by atoms with E-state index in [0.717, 1.165) is 40.4 Å². The number of anilines is 1. The first-order valence-corrected chi connectivity index (χ1v) is 9.89. The summed E-state index contributed by atoms with van der Waals surface area (Å²) in [7, 11) is 0. The maximum Gasteiger partial charge on any atom is 0.273 e. The standard InChI is InChI=1S/C23H20N6O/c24-23-27-13-17(14-28-23)16-7-8-19(26-12-16)20-6-3-11-29(20)22(30)21-18-5-2-1-4-15(18)9-10-25-21/h1-2,4-5,7-10,12-14,20H,3,6,11H2,(H2,24,27,28)/t20-/m1/s1. The average Bonchev–Trinajstić information content (AvgIpc) is 3.29. The zero-order chi connectivity index (χ0) is 20.5. The van der Waals surface area contributed by atoms with Gasteiger partial charge < -0.3 is 10.6 Å². The second-order valence-corrected chi connectivity index (χ2v) is 7.34. The lowest BCUT2D eigenvalue weighted by molar-refractivity contribution is 0.0729. The van der Waals surface area contributed by atoms with Crippen molar-refractivity contribution >= 4 is 22.6 Å². The summed E-state index contributed by atoms with van der Waals surface area (Å²) in [5, 5.41) is 1.89. The fourth-order valence-corrected chi connectivity index (χ4v) is 4.00. The van der Waals surface area contributed by atoms with Gasteiger partial charge in [0.05, 0.1) is 11.7 Å². The van der Waals surface area contributed by atoms with Crippen LogP contribution in [0.5, 0.6) is 0 Å². The molecule has 30 heavy (non-hydrogen) atoms. The van der Waals surface area contributed by atoms with Crippen molar-refractivity contribution in [1.82, 2.24) is 24.8 Å². The van der Waals surface area contributed by atoms with Gasteiger partial charge in [-0.1, -0.05) is 30.3 Å². The van der Waals surface area contributed by atoms with Crippen molar-refractivity contribution in [1.29, 1.82) is 0 Å². The van der Waals surface area contributed by atoms with Gasteiger partial charge in [-0.15, -0.1) is 0 Å². The summed E-state index contributed by atoms with van der Waals surface area (Å²) in [6.45, 7) is 0.698. The smallest absolute Gasteiger partial charge is 0.273 e. The lowest BCUT2D eigenvalue weighted by Crippen LogP contribution is -2.31. The minimum Gasteiger partial charge on any atom is -0.368 e. The van der Waals surface area contributed by atoms with Gasteiger partial charge in [0.1, 0.15) is 5.69 Å². The lowest BCUT2D eigenvalue weighted by Gasteiger charge is -2.24. The lowest BCUT2D eigenvalue weighted by atomic mass is 10.1. The topological polar surface area (TPSA) is 97.9 Å². The summed E-state index contributed by atoms with van der Waals surface area (Å²) >= 11 is 0. The molecule has 1 aromatic carbocycles. The minimum atomic E-state index is -0.0602. The van der Waals surface area contributed by atoms with E-state index in [9.17, 15) is 4.79 Å². The molecule has 148 valence electrons. The number of aromatic nitrogens is 4. The molecule has 5 rings (SSSR count). The number of rotatable bonds is 3.